The number of hydrogen-bond acceptors (Lipinski definition) is 4. The predicted octanol–water partition coefficient (Wildman–Crippen LogP) is 0.431. The van der Waals surface area contributed by atoms with E-state index < -0.39 is 0 Å². The van der Waals surface area contributed by atoms with Crippen LogP contribution in [0, 0.1) is 5.92 Å². The molecule has 1 aromatic rings. The monoisotopic (exact) mass is 276 g/mol. The number of nitrogens with zero attached hydrogens (tertiary/aromatic N) is 2. The van der Waals surface area contributed by atoms with Gasteiger partial charge in [-0.1, -0.05) is 12.2 Å². The first kappa shape index (κ1) is 12.3. The molecule has 3 rings (SSSR count). The highest BCUT2D eigenvalue weighted by Crippen LogP contribution is 2.31. The van der Waals surface area contributed by atoms with Crippen LogP contribution in [0.15, 0.2) is 18.3 Å². The molecular formula is C13H16N4OS. The number of aromatic nitrogens is 1. The van der Waals surface area contributed by atoms with E-state index in [1.165, 1.54) is 0 Å². The van der Waals surface area contributed by atoms with Crippen LogP contribution >= 0.6 is 12.2 Å². The van der Waals surface area contributed by atoms with Crippen molar-refractivity contribution in [3.05, 3.63) is 24.0 Å². The lowest BCUT2D eigenvalue weighted by molar-refractivity contribution is -0.122. The van der Waals surface area contributed by atoms with Crippen molar-refractivity contribution >= 4 is 28.8 Å². The number of carbonyl (C=O) groups excluding carboxylic acids is 1. The molecule has 3 N–H and O–H groups in total. The zero-order valence-corrected chi connectivity index (χ0v) is 11.3. The second-order valence-corrected chi connectivity index (χ2v) is 5.46. The van der Waals surface area contributed by atoms with E-state index >= 15 is 0 Å². The molecule has 2 atom stereocenters. The number of thiocarbonyl (C=S) groups is 1. The first-order valence-electron chi connectivity index (χ1n) is 6.47. The van der Waals surface area contributed by atoms with Crippen molar-refractivity contribution in [2.45, 2.75) is 18.9 Å². The normalized spacial score (nSPS) is 25.9. The molecule has 3 heterocycles. The van der Waals surface area contributed by atoms with E-state index in [1.54, 1.807) is 6.20 Å². The molecule has 100 valence electrons. The fraction of sp³-hybridized carbons (Fsp3) is 0.462. The Morgan fingerprint density at radius 2 is 2.37 bits per heavy atom. The van der Waals surface area contributed by atoms with Gasteiger partial charge in [-0.3, -0.25) is 9.78 Å². The highest BCUT2D eigenvalue weighted by Gasteiger charge is 2.40. The number of piperidine rings is 1. The highest BCUT2D eigenvalue weighted by molar-refractivity contribution is 7.80. The summed E-state index contributed by atoms with van der Waals surface area (Å²) in [7, 11) is 0. The molecular weight excluding hydrogens is 260 g/mol. The van der Waals surface area contributed by atoms with E-state index in [9.17, 15) is 4.79 Å². The number of nitrogens with two attached hydrogens (primary N) is 1. The van der Waals surface area contributed by atoms with E-state index in [4.69, 9.17) is 18.0 Å². The number of amides is 1. The molecule has 19 heavy (non-hydrogen) atoms. The summed E-state index contributed by atoms with van der Waals surface area (Å²) in [4.78, 5) is 18.6. The summed E-state index contributed by atoms with van der Waals surface area (Å²) in [5.41, 5.74) is 7.21. The first-order valence-corrected chi connectivity index (χ1v) is 6.88. The van der Waals surface area contributed by atoms with Crippen molar-refractivity contribution in [2.75, 3.05) is 18.0 Å². The molecule has 6 heteroatoms. The number of rotatable bonds is 2. The van der Waals surface area contributed by atoms with Crippen LogP contribution in [0.25, 0.3) is 0 Å². The number of anilines is 1. The topological polar surface area (TPSA) is 71.2 Å². The zero-order chi connectivity index (χ0) is 13.4. The van der Waals surface area contributed by atoms with Gasteiger partial charge in [-0.15, -0.1) is 0 Å². The molecule has 2 aliphatic heterocycles. The molecule has 2 unspecified atom stereocenters. The van der Waals surface area contributed by atoms with Crippen LogP contribution in [-0.2, 0) is 4.79 Å². The summed E-state index contributed by atoms with van der Waals surface area (Å²) in [6, 6.07) is 4.07. The molecule has 1 aromatic heterocycles. The van der Waals surface area contributed by atoms with E-state index in [0.29, 0.717) is 10.7 Å². The van der Waals surface area contributed by atoms with Gasteiger partial charge >= 0.3 is 0 Å². The Balaban J connectivity index is 1.85. The maximum Gasteiger partial charge on any atom is 0.225 e. The Bertz CT molecular complexity index is 516. The van der Waals surface area contributed by atoms with Crippen LogP contribution in [0.4, 0.5) is 5.69 Å². The Hall–Kier alpha value is -1.69. The van der Waals surface area contributed by atoms with E-state index in [-0.39, 0.29) is 17.9 Å². The van der Waals surface area contributed by atoms with Crippen LogP contribution in [0.1, 0.15) is 18.5 Å². The molecule has 5 nitrogen and oxygen atoms in total. The van der Waals surface area contributed by atoms with Gasteiger partial charge in [0.1, 0.15) is 4.99 Å². The van der Waals surface area contributed by atoms with Gasteiger partial charge < -0.3 is 16.0 Å². The molecule has 2 aliphatic rings. The quantitative estimate of drug-likeness (QED) is 0.767. The smallest absolute Gasteiger partial charge is 0.225 e. The van der Waals surface area contributed by atoms with Crippen LogP contribution in [0.3, 0.4) is 0 Å². The van der Waals surface area contributed by atoms with Gasteiger partial charge in [0, 0.05) is 13.1 Å². The number of carbonyl (C=O) groups is 1. The van der Waals surface area contributed by atoms with Crippen molar-refractivity contribution in [1.82, 2.24) is 10.3 Å². The SMILES string of the molecule is NC(=S)c1ccc(N2CCCC3C(=O)NCC32)cn1. The van der Waals surface area contributed by atoms with Gasteiger partial charge in [0.05, 0.1) is 29.5 Å². The van der Waals surface area contributed by atoms with Crippen LogP contribution in [-0.4, -0.2) is 35.0 Å². The number of nitrogens with one attached hydrogen (secondary N) is 1. The Morgan fingerprint density at radius 3 is 3.05 bits per heavy atom. The van der Waals surface area contributed by atoms with E-state index in [2.05, 4.69) is 15.2 Å². The average Bonchev–Trinajstić information content (AvgIpc) is 2.81. The lowest BCUT2D eigenvalue weighted by Gasteiger charge is -2.37. The molecule has 0 saturated carbocycles. The van der Waals surface area contributed by atoms with Crippen molar-refractivity contribution < 1.29 is 4.79 Å². The largest absolute Gasteiger partial charge is 0.388 e. The highest BCUT2D eigenvalue weighted by atomic mass is 32.1. The van der Waals surface area contributed by atoms with Crippen molar-refractivity contribution in [2.24, 2.45) is 11.7 Å². The summed E-state index contributed by atoms with van der Waals surface area (Å²) in [5, 5.41) is 2.95. The van der Waals surface area contributed by atoms with Gasteiger partial charge in [0.15, 0.2) is 0 Å². The van der Waals surface area contributed by atoms with Gasteiger partial charge in [-0.25, -0.2) is 0 Å². The maximum absolute atomic E-state index is 11.7. The number of pyridine rings is 1. The first-order chi connectivity index (χ1) is 9.16. The van der Waals surface area contributed by atoms with Gasteiger partial charge in [0.25, 0.3) is 0 Å². The van der Waals surface area contributed by atoms with Crippen LogP contribution in [0.2, 0.25) is 0 Å². The standard InChI is InChI=1S/C13H16N4OS/c14-12(19)10-4-3-8(6-15-10)17-5-1-2-9-11(17)7-16-13(9)18/h3-4,6,9,11H,1-2,5,7H2,(H2,14,19)(H,16,18). The summed E-state index contributed by atoms with van der Waals surface area (Å²) in [6.07, 6.45) is 3.80. The molecule has 0 bridgehead atoms. The summed E-state index contributed by atoms with van der Waals surface area (Å²) in [5.74, 6) is 0.298. The van der Waals surface area contributed by atoms with E-state index in [0.717, 1.165) is 31.6 Å². The second-order valence-electron chi connectivity index (χ2n) is 5.02. The fourth-order valence-electron chi connectivity index (χ4n) is 2.97. The zero-order valence-electron chi connectivity index (χ0n) is 10.5. The summed E-state index contributed by atoms with van der Waals surface area (Å²) < 4.78 is 0. The molecule has 2 fully saturated rings. The molecule has 1 amide bonds. The molecule has 0 aromatic carbocycles. The summed E-state index contributed by atoms with van der Waals surface area (Å²) in [6.45, 7) is 1.69. The Kier molecular flexibility index (Phi) is 3.10. The summed E-state index contributed by atoms with van der Waals surface area (Å²) >= 11 is 4.90. The van der Waals surface area contributed by atoms with Crippen molar-refractivity contribution in [3.8, 4) is 0 Å². The minimum absolute atomic E-state index is 0.115. The van der Waals surface area contributed by atoms with Crippen molar-refractivity contribution in [3.63, 3.8) is 0 Å². The molecule has 0 spiro atoms. The molecule has 0 radical (unpaired) electrons. The Morgan fingerprint density at radius 1 is 1.53 bits per heavy atom. The molecule has 0 aliphatic carbocycles. The minimum Gasteiger partial charge on any atom is -0.388 e. The Labute approximate surface area is 117 Å². The maximum atomic E-state index is 11.7. The third kappa shape index (κ3) is 2.16. The third-order valence-corrected chi connectivity index (χ3v) is 4.14. The van der Waals surface area contributed by atoms with Gasteiger partial charge in [-0.2, -0.15) is 0 Å². The second kappa shape index (κ2) is 4.77. The fourth-order valence-corrected chi connectivity index (χ4v) is 3.09. The van der Waals surface area contributed by atoms with E-state index in [1.807, 2.05) is 12.1 Å². The minimum atomic E-state index is 0.115. The lowest BCUT2D eigenvalue weighted by atomic mass is 9.91. The van der Waals surface area contributed by atoms with Crippen LogP contribution in [0.5, 0.6) is 0 Å². The predicted molar refractivity (Wildman–Crippen MR) is 77.0 cm³/mol. The average molecular weight is 276 g/mol. The number of hydrogen-bond donors (Lipinski definition) is 2. The van der Waals surface area contributed by atoms with Crippen molar-refractivity contribution in [1.29, 1.82) is 0 Å². The van der Waals surface area contributed by atoms with Gasteiger partial charge in [0.2, 0.25) is 5.91 Å². The molecule has 2 saturated heterocycles. The van der Waals surface area contributed by atoms with Crippen LogP contribution < -0.4 is 16.0 Å². The lowest BCUT2D eigenvalue weighted by Crippen LogP contribution is -2.45. The van der Waals surface area contributed by atoms with Gasteiger partial charge in [-0.05, 0) is 25.0 Å². The number of fused-ring (bicyclic) bond motifs is 1. The third-order valence-electron chi connectivity index (χ3n) is 3.93.